The second-order valence-corrected chi connectivity index (χ2v) is 3.30. The van der Waals surface area contributed by atoms with E-state index in [1.807, 2.05) is 0 Å². The highest BCUT2D eigenvalue weighted by Gasteiger charge is 2.09. The average Bonchev–Trinajstić information content (AvgIpc) is 2.64. The Hall–Kier alpha value is -2.17. The van der Waals surface area contributed by atoms with E-state index in [2.05, 4.69) is 10.5 Å². The van der Waals surface area contributed by atoms with Crippen molar-refractivity contribution in [2.24, 2.45) is 0 Å². The molecule has 1 aromatic heterocycles. The molecule has 0 aliphatic heterocycles. The van der Waals surface area contributed by atoms with Gasteiger partial charge in [0.25, 0.3) is 5.91 Å². The summed E-state index contributed by atoms with van der Waals surface area (Å²) in [5.41, 5.74) is 0.892. The fourth-order valence-corrected chi connectivity index (χ4v) is 1.24. The van der Waals surface area contributed by atoms with E-state index in [4.69, 9.17) is 4.52 Å². The number of hydrogen-bond acceptors (Lipinski definition) is 3. The predicted octanol–water partition coefficient (Wildman–Crippen LogP) is 2.37. The lowest BCUT2D eigenvalue weighted by molar-refractivity contribution is 0.102. The molecule has 2 rings (SSSR count). The summed E-state index contributed by atoms with van der Waals surface area (Å²) in [5.74, 6) is -0.649. The van der Waals surface area contributed by atoms with Gasteiger partial charge in [-0.1, -0.05) is 11.2 Å². The number of benzene rings is 1. The third-order valence-corrected chi connectivity index (χ3v) is 1.95. The van der Waals surface area contributed by atoms with Gasteiger partial charge in [0.05, 0.1) is 5.69 Å². The van der Waals surface area contributed by atoms with Crippen molar-refractivity contribution in [1.82, 2.24) is 5.16 Å². The van der Waals surface area contributed by atoms with Gasteiger partial charge in [-0.2, -0.15) is 0 Å². The van der Waals surface area contributed by atoms with Crippen LogP contribution in [0, 0.1) is 12.7 Å². The first-order chi connectivity index (χ1) is 7.65. The number of hydrogen-bond donors (Lipinski definition) is 1. The van der Waals surface area contributed by atoms with Crippen LogP contribution in [0.3, 0.4) is 0 Å². The number of aromatic nitrogens is 1. The second kappa shape index (κ2) is 4.14. The molecule has 0 radical (unpaired) electrons. The highest BCUT2D eigenvalue weighted by molar-refractivity contribution is 6.03. The number of halogens is 1. The lowest BCUT2D eigenvalue weighted by atomic mass is 10.2. The Balaban J connectivity index is 2.14. The van der Waals surface area contributed by atoms with Crippen molar-refractivity contribution in [2.45, 2.75) is 6.92 Å². The van der Waals surface area contributed by atoms with E-state index >= 15 is 0 Å². The van der Waals surface area contributed by atoms with Crippen LogP contribution in [0.1, 0.15) is 16.1 Å². The number of carbonyl (C=O) groups excluding carboxylic acids is 1. The largest absolute Gasteiger partial charge is 0.338 e. The molecule has 0 spiro atoms. The third kappa shape index (κ3) is 2.25. The fraction of sp³-hybridized carbons (Fsp3) is 0.0909. The smallest absolute Gasteiger partial charge is 0.258 e. The molecule has 0 saturated carbocycles. The second-order valence-electron chi connectivity index (χ2n) is 3.30. The van der Waals surface area contributed by atoms with Gasteiger partial charge in [-0.15, -0.1) is 0 Å². The quantitative estimate of drug-likeness (QED) is 0.845. The molecule has 0 saturated heterocycles. The minimum atomic E-state index is -0.457. The summed E-state index contributed by atoms with van der Waals surface area (Å²) in [4.78, 5) is 11.6. The van der Waals surface area contributed by atoms with Crippen LogP contribution in [0.25, 0.3) is 0 Å². The molecule has 0 bridgehead atoms. The average molecular weight is 220 g/mol. The van der Waals surface area contributed by atoms with Crippen LogP contribution in [0.2, 0.25) is 0 Å². The fourth-order valence-electron chi connectivity index (χ4n) is 1.24. The molecule has 1 aromatic carbocycles. The van der Waals surface area contributed by atoms with E-state index < -0.39 is 11.7 Å². The molecule has 16 heavy (non-hydrogen) atoms. The predicted molar refractivity (Wildman–Crippen MR) is 55.6 cm³/mol. The highest BCUT2D eigenvalue weighted by atomic mass is 19.1. The Morgan fingerprint density at radius 3 is 2.88 bits per heavy atom. The number of rotatable bonds is 2. The summed E-state index contributed by atoms with van der Waals surface area (Å²) >= 11 is 0. The Kier molecular flexibility index (Phi) is 2.68. The van der Waals surface area contributed by atoms with E-state index in [1.54, 1.807) is 13.0 Å². The monoisotopic (exact) mass is 220 g/mol. The minimum Gasteiger partial charge on any atom is -0.338 e. The van der Waals surface area contributed by atoms with Crippen LogP contribution < -0.4 is 5.32 Å². The molecule has 0 aliphatic carbocycles. The molecule has 0 atom stereocenters. The first kappa shape index (κ1) is 10.4. The summed E-state index contributed by atoms with van der Waals surface area (Å²) in [6.07, 6.45) is 0. The summed E-state index contributed by atoms with van der Waals surface area (Å²) in [6.45, 7) is 1.74. The van der Waals surface area contributed by atoms with Gasteiger partial charge in [0, 0.05) is 11.6 Å². The van der Waals surface area contributed by atoms with Crippen molar-refractivity contribution in [3.8, 4) is 0 Å². The SMILES string of the molecule is Cc1cc(NC(=O)c2cccc(F)c2)on1. The van der Waals surface area contributed by atoms with Gasteiger partial charge in [0.2, 0.25) is 5.88 Å². The maximum Gasteiger partial charge on any atom is 0.258 e. The van der Waals surface area contributed by atoms with Gasteiger partial charge < -0.3 is 4.52 Å². The van der Waals surface area contributed by atoms with Crippen LogP contribution in [0.4, 0.5) is 10.3 Å². The van der Waals surface area contributed by atoms with E-state index in [-0.39, 0.29) is 11.4 Å². The molecule has 1 heterocycles. The van der Waals surface area contributed by atoms with E-state index in [9.17, 15) is 9.18 Å². The topological polar surface area (TPSA) is 55.1 Å². The number of nitrogens with one attached hydrogen (secondary N) is 1. The minimum absolute atomic E-state index is 0.231. The Morgan fingerprint density at radius 2 is 2.25 bits per heavy atom. The number of amides is 1. The molecule has 0 fully saturated rings. The molecule has 5 heteroatoms. The Morgan fingerprint density at radius 1 is 1.44 bits per heavy atom. The summed E-state index contributed by atoms with van der Waals surface area (Å²) < 4.78 is 17.7. The van der Waals surface area contributed by atoms with E-state index in [1.165, 1.54) is 18.2 Å². The maximum atomic E-state index is 12.9. The zero-order valence-corrected chi connectivity index (χ0v) is 8.53. The zero-order chi connectivity index (χ0) is 11.5. The van der Waals surface area contributed by atoms with Gasteiger partial charge in [-0.05, 0) is 25.1 Å². The van der Waals surface area contributed by atoms with Crippen LogP contribution >= 0.6 is 0 Å². The molecular weight excluding hydrogens is 211 g/mol. The van der Waals surface area contributed by atoms with Crippen LogP contribution in [0.5, 0.6) is 0 Å². The van der Waals surface area contributed by atoms with Gasteiger partial charge in [0.1, 0.15) is 5.82 Å². The Labute approximate surface area is 91.1 Å². The molecule has 0 aliphatic rings. The molecule has 1 amide bonds. The lowest BCUT2D eigenvalue weighted by Crippen LogP contribution is -2.11. The molecular formula is C11H9FN2O2. The normalized spacial score (nSPS) is 10.1. The number of aryl methyl sites for hydroxylation is 1. The molecule has 1 N–H and O–H groups in total. The van der Waals surface area contributed by atoms with Crippen LogP contribution in [-0.2, 0) is 0 Å². The van der Waals surface area contributed by atoms with Gasteiger partial charge in [-0.25, -0.2) is 4.39 Å². The van der Waals surface area contributed by atoms with Crippen molar-refractivity contribution < 1.29 is 13.7 Å². The van der Waals surface area contributed by atoms with Gasteiger partial charge in [0.15, 0.2) is 0 Å². The summed E-state index contributed by atoms with van der Waals surface area (Å²) in [7, 11) is 0. The van der Waals surface area contributed by atoms with Crippen molar-refractivity contribution in [1.29, 1.82) is 0 Å². The molecule has 0 unspecified atom stereocenters. The van der Waals surface area contributed by atoms with E-state index in [0.717, 1.165) is 6.07 Å². The lowest BCUT2D eigenvalue weighted by Gasteiger charge is -2.00. The van der Waals surface area contributed by atoms with Gasteiger partial charge in [-0.3, -0.25) is 10.1 Å². The van der Waals surface area contributed by atoms with Crippen LogP contribution in [0.15, 0.2) is 34.9 Å². The maximum absolute atomic E-state index is 12.9. The van der Waals surface area contributed by atoms with Crippen molar-refractivity contribution >= 4 is 11.8 Å². The number of anilines is 1. The third-order valence-electron chi connectivity index (χ3n) is 1.95. The number of carbonyl (C=O) groups is 1. The highest BCUT2D eigenvalue weighted by Crippen LogP contribution is 2.11. The molecule has 2 aromatic rings. The standard InChI is InChI=1S/C11H9FN2O2/c1-7-5-10(16-14-7)13-11(15)8-3-2-4-9(12)6-8/h2-6H,1H3,(H,13,15). The molecule has 82 valence electrons. The first-order valence-electron chi connectivity index (χ1n) is 4.65. The number of nitrogens with zero attached hydrogens (tertiary/aromatic N) is 1. The van der Waals surface area contributed by atoms with Crippen molar-refractivity contribution in [3.05, 3.63) is 47.4 Å². The molecule has 4 nitrogen and oxygen atoms in total. The van der Waals surface area contributed by atoms with Crippen molar-refractivity contribution in [2.75, 3.05) is 5.32 Å². The Bertz CT molecular complexity index is 522. The zero-order valence-electron chi connectivity index (χ0n) is 8.53. The van der Waals surface area contributed by atoms with Crippen LogP contribution in [-0.4, -0.2) is 11.1 Å². The van der Waals surface area contributed by atoms with E-state index in [0.29, 0.717) is 5.69 Å². The summed E-state index contributed by atoms with van der Waals surface area (Å²) in [6, 6.07) is 6.99. The first-order valence-corrected chi connectivity index (χ1v) is 4.65. The summed E-state index contributed by atoms with van der Waals surface area (Å²) in [5, 5.41) is 6.09. The van der Waals surface area contributed by atoms with Crippen molar-refractivity contribution in [3.63, 3.8) is 0 Å². The van der Waals surface area contributed by atoms with Gasteiger partial charge >= 0.3 is 0 Å².